The first-order valence-corrected chi connectivity index (χ1v) is 3.29. The lowest BCUT2D eigenvalue weighted by molar-refractivity contribution is -0.497. The molecule has 0 spiro atoms. The number of nitrogens with zero attached hydrogens (tertiary/aromatic N) is 2. The second-order valence-electron chi connectivity index (χ2n) is 1.94. The highest BCUT2D eigenvalue weighted by Crippen LogP contribution is 2.05. The Kier molecular flexibility index (Phi) is 2.38. The minimum Gasteiger partial charge on any atom is -0.264 e. The average Bonchev–Trinajstić information content (AvgIpc) is 1.85. The zero-order chi connectivity index (χ0) is 8.27. The molecule has 0 aliphatic heterocycles. The predicted molar refractivity (Wildman–Crippen MR) is 39.9 cm³/mol. The molecule has 11 heavy (non-hydrogen) atoms. The van der Waals surface area contributed by atoms with E-state index >= 15 is 0 Å². The van der Waals surface area contributed by atoms with Crippen molar-refractivity contribution in [3.8, 4) is 0 Å². The first kappa shape index (κ1) is 7.94. The second kappa shape index (κ2) is 3.30. The molecule has 0 aliphatic rings. The van der Waals surface area contributed by atoms with Crippen LogP contribution in [-0.2, 0) is 6.54 Å². The van der Waals surface area contributed by atoms with Crippen molar-refractivity contribution >= 4 is 11.6 Å². The fourth-order valence-corrected chi connectivity index (χ4v) is 0.852. The topological polar surface area (TPSA) is 56.0 Å². The van der Waals surface area contributed by atoms with Gasteiger partial charge in [-0.05, 0) is 12.1 Å². The van der Waals surface area contributed by atoms with Crippen LogP contribution in [0.1, 0.15) is 5.69 Å². The van der Waals surface area contributed by atoms with Gasteiger partial charge in [-0.15, -0.1) is 0 Å². The first-order valence-electron chi connectivity index (χ1n) is 2.92. The molecular weight excluding hydrogens is 168 g/mol. The van der Waals surface area contributed by atoms with Gasteiger partial charge in [0.15, 0.2) is 0 Å². The van der Waals surface area contributed by atoms with E-state index in [0.29, 0.717) is 5.69 Å². The van der Waals surface area contributed by atoms with Crippen LogP contribution in [0.4, 0.5) is 0 Å². The predicted octanol–water partition coefficient (Wildman–Crippen LogP) is 1.51. The molecule has 0 unspecified atom stereocenters. The van der Waals surface area contributed by atoms with Crippen molar-refractivity contribution in [1.82, 2.24) is 4.98 Å². The lowest BCUT2D eigenvalue weighted by atomic mass is 10.3. The molecule has 4 nitrogen and oxygen atoms in total. The molecule has 0 radical (unpaired) electrons. The van der Waals surface area contributed by atoms with Crippen molar-refractivity contribution in [3.05, 3.63) is 39.2 Å². The molecule has 0 bridgehead atoms. The Labute approximate surface area is 68.0 Å². The average molecular weight is 173 g/mol. The number of nitro groups is 1. The molecule has 1 aromatic heterocycles. The number of hydrogen-bond donors (Lipinski definition) is 0. The van der Waals surface area contributed by atoms with Gasteiger partial charge in [0, 0.05) is 4.92 Å². The Hall–Kier alpha value is -1.16. The Morgan fingerprint density at radius 1 is 1.64 bits per heavy atom. The normalized spacial score (nSPS) is 9.55. The van der Waals surface area contributed by atoms with Crippen molar-refractivity contribution in [2.75, 3.05) is 0 Å². The Morgan fingerprint density at radius 2 is 2.36 bits per heavy atom. The highest BCUT2D eigenvalue weighted by Gasteiger charge is 2.01. The maximum absolute atomic E-state index is 10.0. The van der Waals surface area contributed by atoms with Crippen LogP contribution in [0.25, 0.3) is 0 Å². The number of rotatable bonds is 2. The van der Waals surface area contributed by atoms with Crippen LogP contribution in [0.5, 0.6) is 0 Å². The van der Waals surface area contributed by atoms with Crippen molar-refractivity contribution in [2.24, 2.45) is 0 Å². The van der Waals surface area contributed by atoms with Crippen molar-refractivity contribution in [3.63, 3.8) is 0 Å². The van der Waals surface area contributed by atoms with Gasteiger partial charge in [-0.1, -0.05) is 17.7 Å². The van der Waals surface area contributed by atoms with E-state index in [-0.39, 0.29) is 11.7 Å². The van der Waals surface area contributed by atoms with Gasteiger partial charge in [0.25, 0.3) is 0 Å². The fourth-order valence-electron chi connectivity index (χ4n) is 0.671. The van der Waals surface area contributed by atoms with E-state index in [1.165, 1.54) is 0 Å². The van der Waals surface area contributed by atoms with Crippen LogP contribution < -0.4 is 0 Å². The summed E-state index contributed by atoms with van der Waals surface area (Å²) in [5.41, 5.74) is 0.377. The fraction of sp³-hybridized carbons (Fsp3) is 0.167. The number of pyridine rings is 1. The molecule has 5 heteroatoms. The van der Waals surface area contributed by atoms with E-state index in [9.17, 15) is 10.1 Å². The molecule has 1 rings (SSSR count). The number of aromatic nitrogens is 1. The van der Waals surface area contributed by atoms with E-state index in [0.717, 1.165) is 0 Å². The molecule has 0 saturated carbocycles. The van der Waals surface area contributed by atoms with Crippen LogP contribution in [0, 0.1) is 10.1 Å². The Bertz CT molecular complexity index is 277. The summed E-state index contributed by atoms with van der Waals surface area (Å²) < 4.78 is 0. The second-order valence-corrected chi connectivity index (χ2v) is 2.33. The molecule has 0 aromatic carbocycles. The summed E-state index contributed by atoms with van der Waals surface area (Å²) in [5.74, 6) is 0. The molecule has 58 valence electrons. The summed E-state index contributed by atoms with van der Waals surface area (Å²) >= 11 is 5.49. The van der Waals surface area contributed by atoms with Crippen LogP contribution >= 0.6 is 11.6 Å². The zero-order valence-corrected chi connectivity index (χ0v) is 6.28. The van der Waals surface area contributed by atoms with E-state index in [2.05, 4.69) is 4.98 Å². The van der Waals surface area contributed by atoms with Gasteiger partial charge >= 0.3 is 0 Å². The van der Waals surface area contributed by atoms with Crippen LogP contribution in [-0.4, -0.2) is 9.91 Å². The third-order valence-electron chi connectivity index (χ3n) is 1.06. The van der Waals surface area contributed by atoms with E-state index in [1.54, 1.807) is 18.2 Å². The van der Waals surface area contributed by atoms with Crippen molar-refractivity contribution in [1.29, 1.82) is 0 Å². The number of halogens is 1. The lowest BCUT2D eigenvalue weighted by Gasteiger charge is -1.93. The quantitative estimate of drug-likeness (QED) is 0.386. The molecule has 0 N–H and O–H groups in total. The SMILES string of the molecule is O=[N+]([O-])Cc1cccc(Cl)n1. The smallest absolute Gasteiger partial charge is 0.245 e. The highest BCUT2D eigenvalue weighted by atomic mass is 35.5. The van der Waals surface area contributed by atoms with Gasteiger partial charge in [-0.25, -0.2) is 4.98 Å². The Morgan fingerprint density at radius 3 is 2.91 bits per heavy atom. The van der Waals surface area contributed by atoms with E-state index < -0.39 is 4.92 Å². The molecule has 0 saturated heterocycles. The maximum Gasteiger partial charge on any atom is 0.245 e. The standard InChI is InChI=1S/C6H5ClN2O2/c7-6-3-1-2-5(8-6)4-9(10)11/h1-3H,4H2. The molecule has 1 aromatic rings. The van der Waals surface area contributed by atoms with Gasteiger partial charge in [-0.3, -0.25) is 10.1 Å². The molecule has 0 atom stereocenters. The van der Waals surface area contributed by atoms with Crippen LogP contribution in [0.3, 0.4) is 0 Å². The lowest BCUT2D eigenvalue weighted by Crippen LogP contribution is -2.00. The first-order chi connectivity index (χ1) is 5.18. The summed E-state index contributed by atoms with van der Waals surface area (Å²) in [6, 6.07) is 4.77. The highest BCUT2D eigenvalue weighted by molar-refractivity contribution is 6.29. The van der Waals surface area contributed by atoms with Gasteiger partial charge in [-0.2, -0.15) is 0 Å². The molecule has 0 amide bonds. The molecule has 1 heterocycles. The third-order valence-corrected chi connectivity index (χ3v) is 1.27. The summed E-state index contributed by atoms with van der Waals surface area (Å²) in [5, 5.41) is 10.3. The zero-order valence-electron chi connectivity index (χ0n) is 5.53. The monoisotopic (exact) mass is 172 g/mol. The third kappa shape index (κ3) is 2.51. The Balaban J connectivity index is 2.79. The number of hydrogen-bond acceptors (Lipinski definition) is 3. The summed E-state index contributed by atoms with van der Waals surface area (Å²) in [4.78, 5) is 13.3. The molecular formula is C6H5ClN2O2. The van der Waals surface area contributed by atoms with Gasteiger partial charge in [0.05, 0.1) is 0 Å². The largest absolute Gasteiger partial charge is 0.264 e. The van der Waals surface area contributed by atoms with Gasteiger partial charge in [0.2, 0.25) is 6.54 Å². The van der Waals surface area contributed by atoms with Crippen molar-refractivity contribution in [2.45, 2.75) is 6.54 Å². The van der Waals surface area contributed by atoms with Crippen LogP contribution in [0.15, 0.2) is 18.2 Å². The van der Waals surface area contributed by atoms with E-state index in [4.69, 9.17) is 11.6 Å². The minimum absolute atomic E-state index is 0.277. The maximum atomic E-state index is 10.0. The molecule has 0 aliphatic carbocycles. The summed E-state index contributed by atoms with van der Waals surface area (Å²) in [6.07, 6.45) is 0. The van der Waals surface area contributed by atoms with Gasteiger partial charge < -0.3 is 0 Å². The van der Waals surface area contributed by atoms with Gasteiger partial charge in [0.1, 0.15) is 10.8 Å². The summed E-state index contributed by atoms with van der Waals surface area (Å²) in [6.45, 7) is -0.277. The minimum atomic E-state index is -0.446. The molecule has 0 fully saturated rings. The van der Waals surface area contributed by atoms with Crippen LogP contribution in [0.2, 0.25) is 5.15 Å². The van der Waals surface area contributed by atoms with E-state index in [1.807, 2.05) is 0 Å². The van der Waals surface area contributed by atoms with Crippen molar-refractivity contribution < 1.29 is 4.92 Å². The summed E-state index contributed by atoms with van der Waals surface area (Å²) in [7, 11) is 0.